The molecule has 0 saturated heterocycles. The number of hydrogen-bond donors (Lipinski definition) is 0. The molecule has 1 aliphatic carbocycles. The van der Waals surface area contributed by atoms with Gasteiger partial charge in [0, 0.05) is 0 Å². The Morgan fingerprint density at radius 3 is 1.89 bits per heavy atom. The molecule has 0 radical (unpaired) electrons. The highest BCUT2D eigenvalue weighted by atomic mass is 32.2. The molecule has 1 aliphatic rings. The highest BCUT2D eigenvalue weighted by Gasteiger charge is 2.41. The summed E-state index contributed by atoms with van der Waals surface area (Å²) in [5.74, 6) is -3.18. The van der Waals surface area contributed by atoms with E-state index in [-0.39, 0.29) is 0 Å². The van der Waals surface area contributed by atoms with Crippen LogP contribution in [0, 0.1) is 0 Å². The maximum Gasteiger partial charge on any atom is 0.337 e. The lowest BCUT2D eigenvalue weighted by molar-refractivity contribution is 0.234. The normalized spacial score (nSPS) is 20.8. The Kier molecular flexibility index (Phi) is 1.46. The van der Waals surface area contributed by atoms with Gasteiger partial charge in [-0.1, -0.05) is 0 Å². The number of sulfone groups is 1. The monoisotopic (exact) mass is 156 g/mol. The van der Waals surface area contributed by atoms with Crippen molar-refractivity contribution in [3.63, 3.8) is 0 Å². The van der Waals surface area contributed by atoms with Crippen LogP contribution in [0.1, 0.15) is 12.8 Å². The van der Waals surface area contributed by atoms with Crippen LogP contribution in [0.5, 0.6) is 0 Å². The summed E-state index contributed by atoms with van der Waals surface area (Å²) in [5, 5.41) is -0.738. The van der Waals surface area contributed by atoms with Gasteiger partial charge in [-0.05, 0) is 12.8 Å². The van der Waals surface area contributed by atoms with Crippen molar-refractivity contribution < 1.29 is 17.2 Å². The summed E-state index contributed by atoms with van der Waals surface area (Å²) in [7, 11) is -4.04. The zero-order chi connectivity index (χ0) is 7.07. The quantitative estimate of drug-likeness (QED) is 0.592. The van der Waals surface area contributed by atoms with Crippen molar-refractivity contribution in [3.05, 3.63) is 0 Å². The largest absolute Gasteiger partial charge is 0.337 e. The molecule has 1 rings (SSSR count). The molecule has 1 fully saturated rings. The van der Waals surface area contributed by atoms with Crippen LogP contribution in [0.3, 0.4) is 0 Å². The third kappa shape index (κ3) is 1.20. The molecule has 2 nitrogen and oxygen atoms in total. The van der Waals surface area contributed by atoms with Crippen LogP contribution < -0.4 is 0 Å². The van der Waals surface area contributed by atoms with Crippen molar-refractivity contribution in [2.24, 2.45) is 0 Å². The second-order valence-corrected chi connectivity index (χ2v) is 4.25. The van der Waals surface area contributed by atoms with Crippen LogP contribution in [0.2, 0.25) is 0 Å². The van der Waals surface area contributed by atoms with Crippen LogP contribution in [0.15, 0.2) is 0 Å². The molecule has 54 valence electrons. The van der Waals surface area contributed by atoms with Gasteiger partial charge >= 0.3 is 5.76 Å². The molecule has 0 unspecified atom stereocenters. The summed E-state index contributed by atoms with van der Waals surface area (Å²) in [6, 6.07) is 0. The fraction of sp³-hybridized carbons (Fsp3) is 1.00. The zero-order valence-corrected chi connectivity index (χ0v) is 5.37. The SMILES string of the molecule is O=S(=O)(C(F)F)C1CC1. The average Bonchev–Trinajstić information content (AvgIpc) is 2.42. The maximum atomic E-state index is 11.5. The van der Waals surface area contributed by atoms with Gasteiger partial charge in [0.15, 0.2) is 0 Å². The Morgan fingerprint density at radius 2 is 1.78 bits per heavy atom. The van der Waals surface area contributed by atoms with Gasteiger partial charge in [-0.15, -0.1) is 0 Å². The molecule has 9 heavy (non-hydrogen) atoms. The second kappa shape index (κ2) is 1.90. The first-order chi connectivity index (χ1) is 4.05. The van der Waals surface area contributed by atoms with Crippen molar-refractivity contribution >= 4 is 9.84 Å². The van der Waals surface area contributed by atoms with E-state index in [9.17, 15) is 17.2 Å². The van der Waals surface area contributed by atoms with Crippen molar-refractivity contribution in [2.45, 2.75) is 23.8 Å². The van der Waals surface area contributed by atoms with Crippen molar-refractivity contribution in [2.75, 3.05) is 0 Å². The van der Waals surface area contributed by atoms with Crippen LogP contribution >= 0.6 is 0 Å². The standard InChI is InChI=1S/C4H6F2O2S/c5-4(6)9(7,8)3-1-2-3/h3-4H,1-2H2. The van der Waals surface area contributed by atoms with E-state index in [1.165, 1.54) is 0 Å². The molecule has 5 heteroatoms. The molecule has 0 atom stereocenters. The van der Waals surface area contributed by atoms with E-state index < -0.39 is 20.8 Å². The van der Waals surface area contributed by atoms with Crippen LogP contribution in [0.4, 0.5) is 8.78 Å². The van der Waals surface area contributed by atoms with Crippen LogP contribution in [0.25, 0.3) is 0 Å². The first kappa shape index (κ1) is 6.92. The number of hydrogen-bond acceptors (Lipinski definition) is 2. The molecular formula is C4H6F2O2S. The van der Waals surface area contributed by atoms with E-state index in [2.05, 4.69) is 0 Å². The van der Waals surface area contributed by atoms with E-state index in [1.54, 1.807) is 0 Å². The minimum atomic E-state index is -4.04. The summed E-state index contributed by atoms with van der Waals surface area (Å²) in [5.41, 5.74) is 0. The lowest BCUT2D eigenvalue weighted by Crippen LogP contribution is -2.15. The van der Waals surface area contributed by atoms with E-state index in [4.69, 9.17) is 0 Å². The second-order valence-electron chi connectivity index (χ2n) is 2.05. The molecule has 1 saturated carbocycles. The predicted octanol–water partition coefficient (Wildman–Crippen LogP) is 0.786. The van der Waals surface area contributed by atoms with Crippen molar-refractivity contribution in [3.8, 4) is 0 Å². The van der Waals surface area contributed by atoms with Crippen molar-refractivity contribution in [1.82, 2.24) is 0 Å². The smallest absolute Gasteiger partial charge is 0.223 e. The Bertz CT molecular complexity index is 185. The minimum absolute atomic E-state index is 0.409. The Hall–Kier alpha value is -0.190. The highest BCUT2D eigenvalue weighted by molar-refractivity contribution is 7.92. The third-order valence-electron chi connectivity index (χ3n) is 1.24. The predicted molar refractivity (Wildman–Crippen MR) is 27.9 cm³/mol. The molecule has 0 spiro atoms. The summed E-state index contributed by atoms with van der Waals surface area (Å²) in [6.45, 7) is 0. The fourth-order valence-electron chi connectivity index (χ4n) is 0.542. The molecule has 0 heterocycles. The van der Waals surface area contributed by atoms with Crippen LogP contribution in [-0.2, 0) is 9.84 Å². The van der Waals surface area contributed by atoms with Gasteiger partial charge in [-0.25, -0.2) is 8.42 Å². The maximum absolute atomic E-state index is 11.5. The topological polar surface area (TPSA) is 34.1 Å². The number of rotatable bonds is 2. The summed E-state index contributed by atoms with van der Waals surface area (Å²) < 4.78 is 43.7. The van der Waals surface area contributed by atoms with E-state index in [0.717, 1.165) is 0 Å². The van der Waals surface area contributed by atoms with E-state index in [0.29, 0.717) is 12.8 Å². The molecule has 0 aromatic rings. The van der Waals surface area contributed by atoms with Gasteiger partial charge in [0.25, 0.3) is 0 Å². The van der Waals surface area contributed by atoms with Gasteiger partial charge in [-0.2, -0.15) is 8.78 Å². The molecule has 0 N–H and O–H groups in total. The summed E-state index contributed by atoms with van der Waals surface area (Å²) in [6.07, 6.45) is 0.819. The van der Waals surface area contributed by atoms with Gasteiger partial charge in [0.2, 0.25) is 9.84 Å². The third-order valence-corrected chi connectivity index (χ3v) is 3.13. The lowest BCUT2D eigenvalue weighted by atomic mass is 11.0. The average molecular weight is 156 g/mol. The molecule has 0 aromatic carbocycles. The van der Waals surface area contributed by atoms with Crippen LogP contribution in [-0.4, -0.2) is 19.4 Å². The highest BCUT2D eigenvalue weighted by Crippen LogP contribution is 2.31. The summed E-state index contributed by atoms with van der Waals surface area (Å²) in [4.78, 5) is 0. The Balaban J connectivity index is 2.73. The Morgan fingerprint density at radius 1 is 1.33 bits per heavy atom. The first-order valence-electron chi connectivity index (χ1n) is 2.56. The fourth-order valence-corrected chi connectivity index (χ4v) is 1.63. The van der Waals surface area contributed by atoms with Gasteiger partial charge in [0.05, 0.1) is 5.25 Å². The molecular weight excluding hydrogens is 150 g/mol. The minimum Gasteiger partial charge on any atom is -0.223 e. The van der Waals surface area contributed by atoms with Gasteiger partial charge in [0.1, 0.15) is 0 Å². The number of alkyl halides is 2. The lowest BCUT2D eigenvalue weighted by Gasteiger charge is -1.96. The van der Waals surface area contributed by atoms with Crippen molar-refractivity contribution in [1.29, 1.82) is 0 Å². The first-order valence-corrected chi connectivity index (χ1v) is 4.17. The van der Waals surface area contributed by atoms with E-state index >= 15 is 0 Å². The van der Waals surface area contributed by atoms with Gasteiger partial charge < -0.3 is 0 Å². The summed E-state index contributed by atoms with van der Waals surface area (Å²) >= 11 is 0. The number of halogens is 2. The molecule has 0 aliphatic heterocycles. The Labute approximate surface area is 51.8 Å². The molecule has 0 bridgehead atoms. The zero-order valence-electron chi connectivity index (χ0n) is 4.55. The molecule has 0 aromatic heterocycles. The van der Waals surface area contributed by atoms with Gasteiger partial charge in [-0.3, -0.25) is 0 Å². The molecule has 0 amide bonds. The van der Waals surface area contributed by atoms with E-state index in [1.807, 2.05) is 0 Å².